The van der Waals surface area contributed by atoms with Crippen molar-refractivity contribution in [2.75, 3.05) is 0 Å². The lowest BCUT2D eigenvalue weighted by atomic mass is 10.1. The highest BCUT2D eigenvalue weighted by molar-refractivity contribution is 6.32. The first-order valence-electron chi connectivity index (χ1n) is 6.41. The van der Waals surface area contributed by atoms with Gasteiger partial charge in [-0.05, 0) is 43.3 Å². The number of pyridine rings is 1. The third-order valence-corrected chi connectivity index (χ3v) is 3.39. The van der Waals surface area contributed by atoms with Crippen LogP contribution >= 0.6 is 11.6 Å². The number of halogens is 1. The van der Waals surface area contributed by atoms with Crippen LogP contribution in [0, 0.1) is 6.92 Å². The van der Waals surface area contributed by atoms with Crippen molar-refractivity contribution < 1.29 is 5.11 Å². The number of aromatic hydroxyl groups is 1. The Bertz CT molecular complexity index is 846. The van der Waals surface area contributed by atoms with Crippen LogP contribution in [0.4, 0.5) is 11.4 Å². The number of hydrogen-bond acceptors (Lipinski definition) is 4. The lowest BCUT2D eigenvalue weighted by molar-refractivity contribution is 0.480. The molecule has 0 saturated heterocycles. The van der Waals surface area contributed by atoms with E-state index in [9.17, 15) is 5.11 Å². The van der Waals surface area contributed by atoms with Gasteiger partial charge in [-0.25, -0.2) is 4.98 Å². The summed E-state index contributed by atoms with van der Waals surface area (Å²) in [5, 5.41) is 19.6. The molecule has 0 amide bonds. The number of phenolic OH excluding ortho intramolecular Hbond substituents is 1. The van der Waals surface area contributed by atoms with E-state index in [2.05, 4.69) is 15.2 Å². The number of rotatable bonds is 2. The Labute approximate surface area is 126 Å². The fourth-order valence-electron chi connectivity index (χ4n) is 2.01. The molecule has 0 radical (unpaired) electrons. The van der Waals surface area contributed by atoms with Gasteiger partial charge in [0.05, 0.1) is 10.7 Å². The van der Waals surface area contributed by atoms with Crippen molar-refractivity contribution >= 4 is 33.9 Å². The van der Waals surface area contributed by atoms with E-state index < -0.39 is 0 Å². The number of phenols is 1. The van der Waals surface area contributed by atoms with Crippen LogP contribution in [0.3, 0.4) is 0 Å². The Morgan fingerprint density at radius 1 is 0.952 bits per heavy atom. The van der Waals surface area contributed by atoms with Crippen LogP contribution in [-0.4, -0.2) is 10.1 Å². The maximum absolute atomic E-state index is 9.89. The largest absolute Gasteiger partial charge is 0.506 e. The zero-order valence-electron chi connectivity index (χ0n) is 11.3. The topological polar surface area (TPSA) is 57.8 Å². The first-order chi connectivity index (χ1) is 10.1. The molecular weight excluding hydrogens is 286 g/mol. The van der Waals surface area contributed by atoms with Gasteiger partial charge in [-0.1, -0.05) is 23.7 Å². The smallest absolute Gasteiger partial charge is 0.141 e. The van der Waals surface area contributed by atoms with Crippen molar-refractivity contribution in [3.8, 4) is 5.75 Å². The van der Waals surface area contributed by atoms with Gasteiger partial charge in [-0.15, -0.1) is 10.2 Å². The fourth-order valence-corrected chi connectivity index (χ4v) is 2.19. The van der Waals surface area contributed by atoms with Gasteiger partial charge in [0.15, 0.2) is 0 Å². The van der Waals surface area contributed by atoms with Gasteiger partial charge in [-0.2, -0.15) is 0 Å². The fraction of sp³-hybridized carbons (Fsp3) is 0.0625. The molecule has 0 unspecified atom stereocenters. The minimum atomic E-state index is 0.130. The Morgan fingerprint density at radius 3 is 2.52 bits per heavy atom. The summed E-state index contributed by atoms with van der Waals surface area (Å²) in [6, 6.07) is 14.2. The first-order valence-corrected chi connectivity index (χ1v) is 6.78. The predicted octanol–water partition coefficient (Wildman–Crippen LogP) is 5.32. The summed E-state index contributed by atoms with van der Waals surface area (Å²) in [5.41, 5.74) is 2.58. The summed E-state index contributed by atoms with van der Waals surface area (Å²) < 4.78 is 0. The number of nitrogens with zero attached hydrogens (tertiary/aromatic N) is 3. The number of aromatic nitrogens is 1. The molecule has 0 aliphatic carbocycles. The number of azo groups is 1. The molecule has 0 atom stereocenters. The highest BCUT2D eigenvalue weighted by atomic mass is 35.5. The van der Waals surface area contributed by atoms with Gasteiger partial charge in [-0.3, -0.25) is 0 Å². The van der Waals surface area contributed by atoms with Gasteiger partial charge in [0.1, 0.15) is 17.0 Å². The Hall–Kier alpha value is -2.46. The third kappa shape index (κ3) is 2.71. The molecule has 3 aromatic rings. The summed E-state index contributed by atoms with van der Waals surface area (Å²) in [5.74, 6) is 0.130. The minimum Gasteiger partial charge on any atom is -0.506 e. The minimum absolute atomic E-state index is 0.130. The Morgan fingerprint density at radius 2 is 1.71 bits per heavy atom. The average molecular weight is 298 g/mol. The van der Waals surface area contributed by atoms with E-state index in [0.717, 1.165) is 11.1 Å². The van der Waals surface area contributed by atoms with Crippen molar-refractivity contribution in [1.29, 1.82) is 0 Å². The second kappa shape index (κ2) is 5.50. The summed E-state index contributed by atoms with van der Waals surface area (Å²) >= 11 is 6.05. The molecule has 4 nitrogen and oxygen atoms in total. The Kier molecular flexibility index (Phi) is 3.54. The normalized spacial score (nSPS) is 11.3. The van der Waals surface area contributed by atoms with Crippen LogP contribution in [0.25, 0.3) is 10.9 Å². The summed E-state index contributed by atoms with van der Waals surface area (Å²) in [7, 11) is 0. The number of aryl methyl sites for hydroxylation is 1. The number of hydrogen-bond donors (Lipinski definition) is 1. The second-order valence-electron chi connectivity index (χ2n) is 4.60. The molecule has 0 saturated carbocycles. The molecule has 21 heavy (non-hydrogen) atoms. The van der Waals surface area contributed by atoms with Gasteiger partial charge in [0, 0.05) is 11.1 Å². The summed E-state index contributed by atoms with van der Waals surface area (Å²) in [6.07, 6.45) is 0. The highest BCUT2D eigenvalue weighted by Crippen LogP contribution is 2.33. The van der Waals surface area contributed by atoms with Crippen LogP contribution in [0.1, 0.15) is 5.69 Å². The molecule has 0 aliphatic heterocycles. The van der Waals surface area contributed by atoms with Crippen molar-refractivity contribution in [3.63, 3.8) is 0 Å². The van der Waals surface area contributed by atoms with Crippen molar-refractivity contribution in [1.82, 2.24) is 4.98 Å². The number of benzene rings is 2. The van der Waals surface area contributed by atoms with E-state index >= 15 is 0 Å². The summed E-state index contributed by atoms with van der Waals surface area (Å²) in [6.45, 7) is 1.87. The van der Waals surface area contributed by atoms with Gasteiger partial charge >= 0.3 is 0 Å². The average Bonchev–Trinajstić information content (AvgIpc) is 2.48. The van der Waals surface area contributed by atoms with Crippen molar-refractivity contribution in [2.45, 2.75) is 6.92 Å². The van der Waals surface area contributed by atoms with Crippen LogP contribution < -0.4 is 0 Å². The van der Waals surface area contributed by atoms with E-state index in [4.69, 9.17) is 11.6 Å². The first kappa shape index (κ1) is 13.5. The van der Waals surface area contributed by atoms with Gasteiger partial charge in [0.25, 0.3) is 0 Å². The SMILES string of the molecule is Cc1ccc2c(N=Nc3ccccc3Cl)ccc(O)c2n1. The lowest BCUT2D eigenvalue weighted by Crippen LogP contribution is -1.84. The van der Waals surface area contributed by atoms with Gasteiger partial charge < -0.3 is 5.11 Å². The standard InChI is InChI=1S/C16H12ClN3O/c1-10-6-7-11-13(8-9-15(21)16(11)18-10)19-20-14-5-3-2-4-12(14)17/h2-9,21H,1H3. The molecule has 3 rings (SSSR count). The van der Waals surface area contributed by atoms with E-state index in [1.807, 2.05) is 31.2 Å². The molecule has 0 fully saturated rings. The van der Waals surface area contributed by atoms with Crippen LogP contribution in [-0.2, 0) is 0 Å². The van der Waals surface area contributed by atoms with Crippen molar-refractivity contribution in [2.24, 2.45) is 10.2 Å². The molecule has 2 aromatic carbocycles. The Balaban J connectivity index is 2.10. The predicted molar refractivity (Wildman–Crippen MR) is 83.8 cm³/mol. The maximum Gasteiger partial charge on any atom is 0.141 e. The molecule has 1 N–H and O–H groups in total. The molecule has 1 aromatic heterocycles. The zero-order valence-corrected chi connectivity index (χ0v) is 12.0. The zero-order chi connectivity index (χ0) is 14.8. The van der Waals surface area contributed by atoms with E-state index in [1.165, 1.54) is 0 Å². The number of fused-ring (bicyclic) bond motifs is 1. The molecule has 0 spiro atoms. The van der Waals surface area contributed by atoms with E-state index in [-0.39, 0.29) is 5.75 Å². The second-order valence-corrected chi connectivity index (χ2v) is 5.01. The quantitative estimate of drug-likeness (QED) is 0.651. The van der Waals surface area contributed by atoms with Crippen LogP contribution in [0.15, 0.2) is 58.8 Å². The lowest BCUT2D eigenvalue weighted by Gasteiger charge is -2.04. The molecule has 0 bridgehead atoms. The maximum atomic E-state index is 9.89. The summed E-state index contributed by atoms with van der Waals surface area (Å²) in [4.78, 5) is 4.33. The monoisotopic (exact) mass is 297 g/mol. The highest BCUT2D eigenvalue weighted by Gasteiger charge is 2.07. The molecule has 5 heteroatoms. The third-order valence-electron chi connectivity index (χ3n) is 3.07. The molecule has 1 heterocycles. The molecular formula is C16H12ClN3O. The van der Waals surface area contributed by atoms with Crippen LogP contribution in [0.5, 0.6) is 5.75 Å². The van der Waals surface area contributed by atoms with Gasteiger partial charge in [0.2, 0.25) is 0 Å². The van der Waals surface area contributed by atoms with E-state index in [0.29, 0.717) is 21.9 Å². The molecule has 104 valence electrons. The van der Waals surface area contributed by atoms with E-state index in [1.54, 1.807) is 24.3 Å². The van der Waals surface area contributed by atoms with Crippen LogP contribution in [0.2, 0.25) is 5.02 Å². The van der Waals surface area contributed by atoms with Crippen molar-refractivity contribution in [3.05, 3.63) is 59.2 Å². The molecule has 0 aliphatic rings.